The van der Waals surface area contributed by atoms with E-state index in [1.54, 1.807) is 0 Å². The van der Waals surface area contributed by atoms with E-state index in [-0.39, 0.29) is 30.4 Å². The quantitative estimate of drug-likeness (QED) is 0.428. The minimum absolute atomic E-state index is 0.0291. The van der Waals surface area contributed by atoms with E-state index in [0.29, 0.717) is 5.82 Å². The van der Waals surface area contributed by atoms with E-state index in [4.69, 9.17) is 4.52 Å². The molecule has 0 aliphatic heterocycles. The fraction of sp³-hybridized carbons (Fsp3) is 0.250. The van der Waals surface area contributed by atoms with E-state index in [9.17, 15) is 14.4 Å². The number of rotatable bonds is 7. The standard InChI is InChI=1S/C16H16N6O5S/c1-22-10(8-9(20-22)16(25)26-2)13(23)17-5-6-18-14(24)15-19-12(21-27-15)11-4-3-7-28-11/h3-4,7-8H,5-6H2,1-2H3,(H,17,23)(H,18,24). The van der Waals surface area contributed by atoms with E-state index in [1.165, 1.54) is 36.2 Å². The van der Waals surface area contributed by atoms with Gasteiger partial charge in [0.15, 0.2) is 5.69 Å². The summed E-state index contributed by atoms with van der Waals surface area (Å²) >= 11 is 1.43. The highest BCUT2D eigenvalue weighted by Gasteiger charge is 2.18. The van der Waals surface area contributed by atoms with Crippen LogP contribution in [0.4, 0.5) is 0 Å². The second-order valence-electron chi connectivity index (χ2n) is 5.44. The number of methoxy groups -OCH3 is 1. The summed E-state index contributed by atoms with van der Waals surface area (Å²) in [7, 11) is 2.76. The molecular weight excluding hydrogens is 388 g/mol. The second kappa shape index (κ2) is 8.43. The van der Waals surface area contributed by atoms with Crippen LogP contribution in [-0.4, -0.2) is 57.9 Å². The maximum Gasteiger partial charge on any atom is 0.358 e. The van der Waals surface area contributed by atoms with Crippen LogP contribution in [0.1, 0.15) is 31.7 Å². The Hall–Kier alpha value is -3.54. The lowest BCUT2D eigenvalue weighted by molar-refractivity contribution is 0.0593. The van der Waals surface area contributed by atoms with E-state index in [1.807, 2.05) is 17.5 Å². The molecule has 0 radical (unpaired) electrons. The number of esters is 1. The molecule has 28 heavy (non-hydrogen) atoms. The fourth-order valence-corrected chi connectivity index (χ4v) is 2.87. The molecule has 3 heterocycles. The summed E-state index contributed by atoms with van der Waals surface area (Å²) in [4.78, 5) is 40.5. The number of carbonyl (C=O) groups is 3. The zero-order chi connectivity index (χ0) is 20.1. The predicted molar refractivity (Wildman–Crippen MR) is 96.8 cm³/mol. The Bertz CT molecular complexity index is 993. The number of thiophene rings is 1. The third kappa shape index (κ3) is 4.23. The zero-order valence-electron chi connectivity index (χ0n) is 15.0. The van der Waals surface area contributed by atoms with Gasteiger partial charge in [0, 0.05) is 26.2 Å². The molecule has 0 aliphatic carbocycles. The molecule has 11 nitrogen and oxygen atoms in total. The third-order valence-electron chi connectivity index (χ3n) is 3.56. The van der Waals surface area contributed by atoms with E-state index < -0.39 is 17.8 Å². The van der Waals surface area contributed by atoms with Gasteiger partial charge in [-0.3, -0.25) is 14.3 Å². The number of carbonyl (C=O) groups excluding carboxylic acids is 3. The van der Waals surface area contributed by atoms with Crippen molar-refractivity contribution in [1.29, 1.82) is 0 Å². The van der Waals surface area contributed by atoms with Gasteiger partial charge >= 0.3 is 17.8 Å². The highest BCUT2D eigenvalue weighted by molar-refractivity contribution is 7.13. The van der Waals surface area contributed by atoms with Crippen LogP contribution in [0.2, 0.25) is 0 Å². The largest absolute Gasteiger partial charge is 0.464 e. The molecule has 0 unspecified atom stereocenters. The van der Waals surface area contributed by atoms with Crippen molar-refractivity contribution in [3.05, 3.63) is 40.9 Å². The lowest BCUT2D eigenvalue weighted by Gasteiger charge is -2.05. The Labute approximate surface area is 162 Å². The summed E-state index contributed by atoms with van der Waals surface area (Å²) in [5, 5.41) is 14.7. The third-order valence-corrected chi connectivity index (χ3v) is 4.43. The number of aryl methyl sites for hydroxylation is 1. The summed E-state index contributed by atoms with van der Waals surface area (Å²) in [6.07, 6.45) is 0. The van der Waals surface area contributed by atoms with Gasteiger partial charge in [-0.1, -0.05) is 11.2 Å². The van der Waals surface area contributed by atoms with Gasteiger partial charge in [-0.25, -0.2) is 4.79 Å². The van der Waals surface area contributed by atoms with Crippen molar-refractivity contribution in [3.8, 4) is 10.7 Å². The smallest absolute Gasteiger partial charge is 0.358 e. The van der Waals surface area contributed by atoms with Crippen LogP contribution < -0.4 is 10.6 Å². The Morgan fingerprint density at radius 3 is 2.68 bits per heavy atom. The average Bonchev–Trinajstić information content (AvgIpc) is 3.43. The molecule has 2 N–H and O–H groups in total. The average molecular weight is 404 g/mol. The molecule has 3 aromatic heterocycles. The molecule has 2 amide bonds. The van der Waals surface area contributed by atoms with Crippen LogP contribution in [0, 0.1) is 0 Å². The molecule has 0 aromatic carbocycles. The molecule has 3 rings (SSSR count). The van der Waals surface area contributed by atoms with Crippen molar-refractivity contribution < 1.29 is 23.6 Å². The monoisotopic (exact) mass is 404 g/mol. The van der Waals surface area contributed by atoms with E-state index >= 15 is 0 Å². The van der Waals surface area contributed by atoms with Crippen LogP contribution in [0.3, 0.4) is 0 Å². The summed E-state index contributed by atoms with van der Waals surface area (Å²) in [5.41, 5.74) is 0.214. The highest BCUT2D eigenvalue weighted by Crippen LogP contribution is 2.21. The Balaban J connectivity index is 1.48. The maximum absolute atomic E-state index is 12.2. The van der Waals surface area contributed by atoms with Crippen molar-refractivity contribution in [2.45, 2.75) is 0 Å². The first-order chi connectivity index (χ1) is 13.5. The SMILES string of the molecule is COC(=O)c1cc(C(=O)NCCNC(=O)c2nc(-c3cccs3)no2)n(C)n1. The minimum atomic E-state index is -0.636. The fourth-order valence-electron chi connectivity index (χ4n) is 2.22. The van der Waals surface area contributed by atoms with Crippen LogP contribution in [0.25, 0.3) is 10.7 Å². The number of hydrogen-bond donors (Lipinski definition) is 2. The second-order valence-corrected chi connectivity index (χ2v) is 6.39. The summed E-state index contributed by atoms with van der Waals surface area (Å²) in [5.74, 6) is -1.45. The van der Waals surface area contributed by atoms with Crippen molar-refractivity contribution >= 4 is 29.1 Å². The molecule has 0 saturated heterocycles. The summed E-state index contributed by atoms with van der Waals surface area (Å²) in [6.45, 7) is 0.290. The molecule has 146 valence electrons. The molecule has 0 bridgehead atoms. The molecule has 12 heteroatoms. The van der Waals surface area contributed by atoms with Gasteiger partial charge < -0.3 is 19.9 Å². The molecule has 0 saturated carbocycles. The summed E-state index contributed by atoms with van der Waals surface area (Å²) < 4.78 is 10.8. The summed E-state index contributed by atoms with van der Waals surface area (Å²) in [6, 6.07) is 4.98. The lowest BCUT2D eigenvalue weighted by atomic mass is 10.3. The van der Waals surface area contributed by atoms with Gasteiger partial charge in [-0.05, 0) is 11.4 Å². The number of nitrogens with one attached hydrogen (secondary N) is 2. The van der Waals surface area contributed by atoms with Gasteiger partial charge in [0.2, 0.25) is 5.82 Å². The first-order valence-corrected chi connectivity index (χ1v) is 8.94. The number of aromatic nitrogens is 4. The van der Waals surface area contributed by atoms with E-state index in [2.05, 4.69) is 30.6 Å². The van der Waals surface area contributed by atoms with Crippen LogP contribution in [0.15, 0.2) is 28.1 Å². The van der Waals surface area contributed by atoms with Gasteiger partial charge in [-0.15, -0.1) is 11.3 Å². The Kier molecular flexibility index (Phi) is 5.79. The van der Waals surface area contributed by atoms with Crippen molar-refractivity contribution in [3.63, 3.8) is 0 Å². The van der Waals surface area contributed by atoms with E-state index in [0.717, 1.165) is 4.88 Å². The predicted octanol–water partition coefficient (Wildman–Crippen LogP) is 0.478. The van der Waals surface area contributed by atoms with Crippen molar-refractivity contribution in [2.24, 2.45) is 7.05 Å². The van der Waals surface area contributed by atoms with Crippen LogP contribution in [0.5, 0.6) is 0 Å². The topological polar surface area (TPSA) is 141 Å². The molecule has 0 spiro atoms. The van der Waals surface area contributed by atoms with Gasteiger partial charge in [-0.2, -0.15) is 10.1 Å². The minimum Gasteiger partial charge on any atom is -0.464 e. The normalized spacial score (nSPS) is 10.5. The number of ether oxygens (including phenoxy) is 1. The van der Waals surface area contributed by atoms with Crippen molar-refractivity contribution in [2.75, 3.05) is 20.2 Å². The van der Waals surface area contributed by atoms with Crippen LogP contribution >= 0.6 is 11.3 Å². The Morgan fingerprint density at radius 1 is 1.25 bits per heavy atom. The lowest BCUT2D eigenvalue weighted by Crippen LogP contribution is -2.35. The molecule has 0 atom stereocenters. The molecule has 3 aromatic rings. The maximum atomic E-state index is 12.2. The highest BCUT2D eigenvalue weighted by atomic mass is 32.1. The number of nitrogens with zero attached hydrogens (tertiary/aromatic N) is 4. The first kappa shape index (κ1) is 19.2. The number of amides is 2. The van der Waals surface area contributed by atoms with Gasteiger partial charge in [0.05, 0.1) is 12.0 Å². The van der Waals surface area contributed by atoms with Gasteiger partial charge in [0.1, 0.15) is 5.69 Å². The Morgan fingerprint density at radius 2 is 2.00 bits per heavy atom. The van der Waals surface area contributed by atoms with Crippen molar-refractivity contribution in [1.82, 2.24) is 30.6 Å². The molecule has 0 aliphatic rings. The first-order valence-electron chi connectivity index (χ1n) is 8.06. The van der Waals surface area contributed by atoms with Gasteiger partial charge in [0.25, 0.3) is 5.91 Å². The molecule has 0 fully saturated rings. The number of hydrogen-bond acceptors (Lipinski definition) is 9. The molecular formula is C16H16N6O5S. The van der Waals surface area contributed by atoms with Crippen LogP contribution in [-0.2, 0) is 11.8 Å². The zero-order valence-corrected chi connectivity index (χ0v) is 15.8.